The lowest BCUT2D eigenvalue weighted by molar-refractivity contribution is -0.141. The number of halogens is 3. The van der Waals surface area contributed by atoms with Crippen LogP contribution in [0.1, 0.15) is 5.69 Å². The van der Waals surface area contributed by atoms with Gasteiger partial charge in [0.25, 0.3) is 0 Å². The lowest BCUT2D eigenvalue weighted by atomic mass is 10.1. The van der Waals surface area contributed by atoms with Crippen LogP contribution in [0, 0.1) is 0 Å². The van der Waals surface area contributed by atoms with Gasteiger partial charge in [-0.1, -0.05) is 0 Å². The first-order chi connectivity index (χ1) is 7.47. The Morgan fingerprint density at radius 2 is 2.13 bits per heavy atom. The number of hydrogen-bond acceptors (Lipinski definition) is 2. The summed E-state index contributed by atoms with van der Waals surface area (Å²) in [5, 5.41) is 4.35. The highest BCUT2D eigenvalue weighted by Crippen LogP contribution is 2.29. The van der Waals surface area contributed by atoms with Crippen molar-refractivity contribution >= 4 is 0 Å². The lowest BCUT2D eigenvalue weighted by Gasteiger charge is -2.06. The van der Waals surface area contributed by atoms with Crippen molar-refractivity contribution in [2.75, 3.05) is 0 Å². The first-order valence-electron chi connectivity index (χ1n) is 4.49. The van der Waals surface area contributed by atoms with Crippen LogP contribution in [0.3, 0.4) is 0 Å². The zero-order valence-corrected chi connectivity index (χ0v) is 7.36. The fourth-order valence-corrected chi connectivity index (χ4v) is 1.14. The number of aromatic amines is 1. The number of hydrogen-bond donors (Lipinski definition) is 1. The topological polar surface area (TPSA) is 41.6 Å². The standard InChI is InChI=1S/C9H6F3N3/c10-9(11,12)8-3-6(1-2-13-8)7-4-14-15-5-7/h1-5H,(H,14,15)/i/hD. The number of pyridine rings is 1. The Morgan fingerprint density at radius 3 is 2.73 bits per heavy atom. The normalized spacial score (nSPS) is 12.6. The van der Waals surface area contributed by atoms with E-state index in [-0.39, 0.29) is 0 Å². The zero-order chi connectivity index (χ0) is 11.8. The molecule has 0 aliphatic heterocycles. The smallest absolute Gasteiger partial charge is 0.285 e. The monoisotopic (exact) mass is 214 g/mol. The Kier molecular flexibility index (Phi) is 1.90. The van der Waals surface area contributed by atoms with Crippen molar-refractivity contribution in [3.8, 4) is 11.1 Å². The molecule has 0 aliphatic carbocycles. The lowest BCUT2D eigenvalue weighted by Crippen LogP contribution is -2.07. The number of rotatable bonds is 1. The summed E-state index contributed by atoms with van der Waals surface area (Å²) >= 11 is 0. The average Bonchev–Trinajstić information content (AvgIpc) is 2.64. The fourth-order valence-electron chi connectivity index (χ4n) is 1.14. The summed E-state index contributed by atoms with van der Waals surface area (Å²) < 4.78 is 44.2. The number of H-pyrrole nitrogens is 1. The minimum absolute atomic E-state index is 0.334. The van der Waals surface area contributed by atoms with Crippen molar-refractivity contribution in [2.24, 2.45) is 0 Å². The van der Waals surface area contributed by atoms with Crippen molar-refractivity contribution in [1.82, 2.24) is 15.2 Å². The maximum absolute atomic E-state index is 12.4. The maximum atomic E-state index is 12.4. The summed E-state index contributed by atoms with van der Waals surface area (Å²) in [6.45, 7) is 0. The van der Waals surface area contributed by atoms with E-state index >= 15 is 0 Å². The van der Waals surface area contributed by atoms with E-state index in [2.05, 4.69) is 10.1 Å². The predicted octanol–water partition coefficient (Wildman–Crippen LogP) is 2.49. The van der Waals surface area contributed by atoms with Crippen molar-refractivity contribution in [2.45, 2.75) is 6.18 Å². The molecule has 2 aromatic heterocycles. The van der Waals surface area contributed by atoms with Gasteiger partial charge in [0.05, 0.1) is 6.20 Å². The molecule has 15 heavy (non-hydrogen) atoms. The van der Waals surface area contributed by atoms with E-state index in [4.69, 9.17) is 1.41 Å². The third-order valence-electron chi connectivity index (χ3n) is 1.84. The van der Waals surface area contributed by atoms with Gasteiger partial charge in [0.15, 0.2) is 1.41 Å². The molecule has 0 bridgehead atoms. The summed E-state index contributed by atoms with van der Waals surface area (Å²) in [7, 11) is 0. The van der Waals surface area contributed by atoms with E-state index in [0.717, 1.165) is 17.4 Å². The van der Waals surface area contributed by atoms with E-state index in [9.17, 15) is 13.2 Å². The molecule has 2 aromatic rings. The van der Waals surface area contributed by atoms with Gasteiger partial charge < -0.3 is 0 Å². The molecule has 3 nitrogen and oxygen atoms in total. The van der Waals surface area contributed by atoms with Crippen LogP contribution in [0.25, 0.3) is 11.1 Å². The molecule has 0 spiro atoms. The largest absolute Gasteiger partial charge is 0.433 e. The third kappa shape index (κ3) is 1.98. The fraction of sp³-hybridized carbons (Fsp3) is 0.111. The van der Waals surface area contributed by atoms with Gasteiger partial charge in [-0.25, -0.2) is 0 Å². The molecule has 78 valence electrons. The second-order valence-corrected chi connectivity index (χ2v) is 2.87. The number of nitrogens with one attached hydrogen (secondary N) is 1. The van der Waals surface area contributed by atoms with E-state index in [1.54, 1.807) is 0 Å². The molecule has 2 heterocycles. The molecular formula is C9H6F3N3. The zero-order valence-electron chi connectivity index (χ0n) is 8.36. The van der Waals surface area contributed by atoms with Crippen LogP contribution in [0.5, 0.6) is 0 Å². The molecule has 1 N–H and O–H groups in total. The highest BCUT2D eigenvalue weighted by molar-refractivity contribution is 5.61. The molecule has 0 fully saturated rings. The Balaban J connectivity index is 2.44. The molecule has 0 aromatic carbocycles. The summed E-state index contributed by atoms with van der Waals surface area (Å²) in [4.78, 5) is 3.24. The Hall–Kier alpha value is -1.85. The molecule has 0 unspecified atom stereocenters. The van der Waals surface area contributed by atoms with E-state index < -0.39 is 11.9 Å². The van der Waals surface area contributed by atoms with Gasteiger partial charge in [0.2, 0.25) is 0 Å². The quantitative estimate of drug-likeness (QED) is 0.792. The SMILES string of the molecule is [2H]n1cc(-c2ccnc(C(F)(F)F)c2)cn1. The molecule has 6 heteroatoms. The summed E-state index contributed by atoms with van der Waals surface area (Å²) in [5.74, 6) is 0. The molecule has 0 radical (unpaired) electrons. The third-order valence-corrected chi connectivity index (χ3v) is 1.84. The first kappa shape index (κ1) is 8.46. The Bertz CT molecular complexity index is 507. The number of alkyl halides is 3. The minimum Gasteiger partial charge on any atom is -0.285 e. The molecule has 0 saturated carbocycles. The van der Waals surface area contributed by atoms with Crippen LogP contribution in [0.4, 0.5) is 13.2 Å². The summed E-state index contributed by atoms with van der Waals surface area (Å²) in [5.41, 5.74) is -0.175. The second-order valence-electron chi connectivity index (χ2n) is 2.87. The van der Waals surface area contributed by atoms with Crippen molar-refractivity contribution in [3.05, 3.63) is 36.4 Å². The van der Waals surface area contributed by atoms with E-state index in [0.29, 0.717) is 11.1 Å². The van der Waals surface area contributed by atoms with Gasteiger partial charge in [-0.15, -0.1) is 0 Å². The highest BCUT2D eigenvalue weighted by Gasteiger charge is 2.32. The average molecular weight is 214 g/mol. The summed E-state index contributed by atoms with van der Waals surface area (Å²) in [6, 6.07) is 2.36. The van der Waals surface area contributed by atoms with Crippen molar-refractivity contribution in [3.63, 3.8) is 0 Å². The Labute approximate surface area is 84.4 Å². The number of aromatic nitrogens is 3. The van der Waals surface area contributed by atoms with Gasteiger partial charge in [-0.3, -0.25) is 10.1 Å². The highest BCUT2D eigenvalue weighted by atomic mass is 19.4. The van der Waals surface area contributed by atoms with Crippen LogP contribution in [-0.4, -0.2) is 15.2 Å². The predicted molar refractivity (Wildman–Crippen MR) is 46.8 cm³/mol. The van der Waals surface area contributed by atoms with Gasteiger partial charge in [-0.2, -0.15) is 18.3 Å². The molecule has 0 amide bonds. The van der Waals surface area contributed by atoms with Crippen LogP contribution >= 0.6 is 0 Å². The molecule has 0 saturated heterocycles. The summed E-state index contributed by atoms with van der Waals surface area (Å²) in [6.07, 6.45) is -0.746. The van der Waals surface area contributed by atoms with Gasteiger partial charge >= 0.3 is 6.18 Å². The van der Waals surface area contributed by atoms with E-state index in [1.807, 2.05) is 0 Å². The van der Waals surface area contributed by atoms with Crippen LogP contribution in [0.2, 0.25) is 1.41 Å². The second kappa shape index (κ2) is 3.38. The van der Waals surface area contributed by atoms with Crippen LogP contribution in [0.15, 0.2) is 30.7 Å². The minimum atomic E-state index is -4.47. The maximum Gasteiger partial charge on any atom is 0.433 e. The molecule has 2 rings (SSSR count). The van der Waals surface area contributed by atoms with Gasteiger partial charge in [0.1, 0.15) is 5.69 Å². The molecular weight excluding hydrogens is 207 g/mol. The van der Waals surface area contributed by atoms with E-state index in [1.165, 1.54) is 18.5 Å². The first-order valence-corrected chi connectivity index (χ1v) is 4.04. The van der Waals surface area contributed by atoms with Crippen LogP contribution in [-0.2, 0) is 6.18 Å². The van der Waals surface area contributed by atoms with Crippen molar-refractivity contribution < 1.29 is 14.6 Å². The van der Waals surface area contributed by atoms with Gasteiger partial charge in [0, 0.05) is 18.0 Å². The van der Waals surface area contributed by atoms with Crippen LogP contribution < -0.4 is 0 Å². The number of nitrogens with zero attached hydrogens (tertiary/aromatic N) is 2. The Morgan fingerprint density at radius 1 is 1.33 bits per heavy atom. The molecule has 0 atom stereocenters. The van der Waals surface area contributed by atoms with Crippen molar-refractivity contribution in [1.29, 1.82) is 0 Å². The van der Waals surface area contributed by atoms with Gasteiger partial charge in [-0.05, 0) is 17.7 Å². The molecule has 0 aliphatic rings.